The van der Waals surface area contributed by atoms with Crippen LogP contribution in [0.3, 0.4) is 0 Å². The van der Waals surface area contributed by atoms with E-state index in [0.717, 1.165) is 11.3 Å². The predicted octanol–water partition coefficient (Wildman–Crippen LogP) is 2.91. The van der Waals surface area contributed by atoms with Crippen molar-refractivity contribution in [3.8, 4) is 34.8 Å². The summed E-state index contributed by atoms with van der Waals surface area (Å²) in [5.41, 5.74) is 2.31. The number of nitriles is 1. The van der Waals surface area contributed by atoms with E-state index < -0.39 is 0 Å². The Morgan fingerprint density at radius 3 is 2.29 bits per heavy atom. The number of aromatic nitrogens is 2. The van der Waals surface area contributed by atoms with E-state index >= 15 is 0 Å². The van der Waals surface area contributed by atoms with Crippen molar-refractivity contribution < 1.29 is 14.9 Å². The average Bonchev–Trinajstić information content (AvgIpc) is 2.94. The van der Waals surface area contributed by atoms with Crippen LogP contribution in [-0.2, 0) is 6.54 Å². The van der Waals surface area contributed by atoms with Gasteiger partial charge in [-0.2, -0.15) is 5.26 Å². The Morgan fingerprint density at radius 1 is 1.00 bits per heavy atom. The van der Waals surface area contributed by atoms with Gasteiger partial charge in [-0.05, 0) is 24.3 Å². The Kier molecular flexibility index (Phi) is 4.34. The maximum atomic E-state index is 9.54. The van der Waals surface area contributed by atoms with Crippen LogP contribution >= 0.6 is 0 Å². The maximum absolute atomic E-state index is 9.54. The third kappa shape index (κ3) is 3.31. The molecule has 0 amide bonds. The summed E-state index contributed by atoms with van der Waals surface area (Å²) in [6, 6.07) is 15.7. The number of ether oxygens (including phenoxy) is 1. The highest BCUT2D eigenvalue weighted by Gasteiger charge is 2.06. The SMILES string of the molecule is N#Cc1ccc(-c2ccc(OCCn3c(O)ccc3O)cn2)cc1. The molecule has 3 aromatic rings. The van der Waals surface area contributed by atoms with Crippen molar-refractivity contribution in [3.05, 3.63) is 60.3 Å². The lowest BCUT2D eigenvalue weighted by atomic mass is 10.1. The molecule has 0 unspecified atom stereocenters. The predicted molar refractivity (Wildman–Crippen MR) is 87.6 cm³/mol. The summed E-state index contributed by atoms with van der Waals surface area (Å²) >= 11 is 0. The smallest absolute Gasteiger partial charge is 0.193 e. The first kappa shape index (κ1) is 15.4. The van der Waals surface area contributed by atoms with Gasteiger partial charge in [-0.25, -0.2) is 0 Å². The standard InChI is InChI=1S/C18H15N3O3/c19-11-13-1-3-14(4-2-13)16-6-5-15(12-20-16)24-10-9-21-17(22)7-8-18(21)23/h1-8,12,22-23H,9-10H2. The Labute approximate surface area is 138 Å². The Hall–Kier alpha value is -3.46. The van der Waals surface area contributed by atoms with E-state index in [9.17, 15) is 10.2 Å². The van der Waals surface area contributed by atoms with E-state index in [4.69, 9.17) is 10.00 Å². The van der Waals surface area contributed by atoms with Gasteiger partial charge in [-0.3, -0.25) is 9.55 Å². The van der Waals surface area contributed by atoms with Crippen molar-refractivity contribution >= 4 is 0 Å². The summed E-state index contributed by atoms with van der Waals surface area (Å²) in [5.74, 6) is 0.578. The molecule has 2 aromatic heterocycles. The normalized spacial score (nSPS) is 10.3. The Balaban J connectivity index is 1.61. The molecule has 120 valence electrons. The third-order valence-corrected chi connectivity index (χ3v) is 3.56. The number of benzene rings is 1. The number of nitrogens with zero attached hydrogens (tertiary/aromatic N) is 3. The van der Waals surface area contributed by atoms with Crippen LogP contribution in [0.1, 0.15) is 5.56 Å². The van der Waals surface area contributed by atoms with Crippen LogP contribution in [0.25, 0.3) is 11.3 Å². The monoisotopic (exact) mass is 321 g/mol. The van der Waals surface area contributed by atoms with Crippen molar-refractivity contribution in [2.75, 3.05) is 6.61 Å². The van der Waals surface area contributed by atoms with Gasteiger partial charge in [0.1, 0.15) is 12.4 Å². The molecular weight excluding hydrogens is 306 g/mol. The van der Waals surface area contributed by atoms with E-state index in [1.165, 1.54) is 16.7 Å². The summed E-state index contributed by atoms with van der Waals surface area (Å²) in [7, 11) is 0. The van der Waals surface area contributed by atoms with Crippen LogP contribution in [0, 0.1) is 11.3 Å². The van der Waals surface area contributed by atoms with Crippen LogP contribution in [0.15, 0.2) is 54.7 Å². The van der Waals surface area contributed by atoms with Crippen molar-refractivity contribution in [2.24, 2.45) is 0 Å². The molecule has 0 fully saturated rings. The zero-order valence-electron chi connectivity index (χ0n) is 12.8. The van der Waals surface area contributed by atoms with Gasteiger partial charge >= 0.3 is 0 Å². The summed E-state index contributed by atoms with van der Waals surface area (Å²) in [5, 5.41) is 27.9. The van der Waals surface area contributed by atoms with Gasteiger partial charge in [0.25, 0.3) is 0 Å². The molecule has 0 spiro atoms. The van der Waals surface area contributed by atoms with Gasteiger partial charge in [0.05, 0.1) is 30.1 Å². The average molecular weight is 321 g/mol. The van der Waals surface area contributed by atoms with E-state index in [1.807, 2.05) is 18.2 Å². The minimum atomic E-state index is -0.00890. The largest absolute Gasteiger partial charge is 0.494 e. The molecule has 1 aromatic carbocycles. The van der Waals surface area contributed by atoms with Crippen molar-refractivity contribution in [1.29, 1.82) is 5.26 Å². The molecule has 3 rings (SSSR count). The minimum Gasteiger partial charge on any atom is -0.494 e. The highest BCUT2D eigenvalue weighted by Crippen LogP contribution is 2.22. The van der Waals surface area contributed by atoms with Crippen molar-refractivity contribution in [3.63, 3.8) is 0 Å². The molecule has 2 N–H and O–H groups in total. The minimum absolute atomic E-state index is 0.00890. The molecule has 0 aliphatic heterocycles. The number of hydrogen-bond acceptors (Lipinski definition) is 5. The van der Waals surface area contributed by atoms with Gasteiger partial charge in [-0.1, -0.05) is 12.1 Å². The van der Waals surface area contributed by atoms with Gasteiger partial charge < -0.3 is 14.9 Å². The summed E-state index contributed by atoms with van der Waals surface area (Å²) < 4.78 is 6.91. The van der Waals surface area contributed by atoms with Crippen LogP contribution in [0.5, 0.6) is 17.5 Å². The van der Waals surface area contributed by atoms with Crippen LogP contribution in [0.4, 0.5) is 0 Å². The molecule has 0 saturated heterocycles. The molecule has 0 aliphatic carbocycles. The molecule has 0 atom stereocenters. The summed E-state index contributed by atoms with van der Waals surface area (Å²) in [4.78, 5) is 4.34. The maximum Gasteiger partial charge on any atom is 0.193 e. The second-order valence-electron chi connectivity index (χ2n) is 5.12. The lowest BCUT2D eigenvalue weighted by molar-refractivity contribution is 0.274. The molecule has 0 bridgehead atoms. The summed E-state index contributed by atoms with van der Waals surface area (Å²) in [6.07, 6.45) is 1.61. The molecule has 0 aliphatic rings. The number of rotatable bonds is 5. The lowest BCUT2D eigenvalue weighted by Gasteiger charge is -2.09. The molecule has 0 radical (unpaired) electrons. The second-order valence-corrected chi connectivity index (χ2v) is 5.12. The van der Waals surface area contributed by atoms with Crippen LogP contribution < -0.4 is 4.74 Å². The Bertz CT molecular complexity index is 843. The lowest BCUT2D eigenvalue weighted by Crippen LogP contribution is -2.07. The number of pyridine rings is 1. The highest BCUT2D eigenvalue weighted by atomic mass is 16.5. The van der Waals surface area contributed by atoms with Crippen LogP contribution in [0.2, 0.25) is 0 Å². The third-order valence-electron chi connectivity index (χ3n) is 3.56. The van der Waals surface area contributed by atoms with Gasteiger partial charge in [0, 0.05) is 17.7 Å². The molecule has 0 saturated carbocycles. The zero-order valence-corrected chi connectivity index (χ0v) is 12.8. The van der Waals surface area contributed by atoms with Gasteiger partial charge in [0.2, 0.25) is 0 Å². The van der Waals surface area contributed by atoms with E-state index in [0.29, 0.717) is 17.9 Å². The van der Waals surface area contributed by atoms with Crippen molar-refractivity contribution in [1.82, 2.24) is 9.55 Å². The van der Waals surface area contributed by atoms with E-state index in [-0.39, 0.29) is 18.4 Å². The Morgan fingerprint density at radius 2 is 1.71 bits per heavy atom. The van der Waals surface area contributed by atoms with Gasteiger partial charge in [-0.15, -0.1) is 0 Å². The fraction of sp³-hybridized carbons (Fsp3) is 0.111. The zero-order chi connectivity index (χ0) is 16.9. The number of aromatic hydroxyl groups is 2. The van der Waals surface area contributed by atoms with E-state index in [1.54, 1.807) is 24.4 Å². The topological polar surface area (TPSA) is 91.3 Å². The second kappa shape index (κ2) is 6.75. The molecule has 6 heteroatoms. The summed E-state index contributed by atoms with van der Waals surface area (Å²) in [6.45, 7) is 0.607. The quantitative estimate of drug-likeness (QED) is 0.754. The first-order valence-corrected chi connectivity index (χ1v) is 7.34. The highest BCUT2D eigenvalue weighted by molar-refractivity contribution is 5.60. The fourth-order valence-electron chi connectivity index (χ4n) is 2.28. The van der Waals surface area contributed by atoms with Gasteiger partial charge in [0.15, 0.2) is 11.8 Å². The fourth-order valence-corrected chi connectivity index (χ4v) is 2.28. The van der Waals surface area contributed by atoms with Crippen molar-refractivity contribution in [2.45, 2.75) is 6.54 Å². The first-order chi connectivity index (χ1) is 11.7. The van der Waals surface area contributed by atoms with Crippen LogP contribution in [-0.4, -0.2) is 26.4 Å². The number of hydrogen-bond donors (Lipinski definition) is 2. The van der Waals surface area contributed by atoms with E-state index in [2.05, 4.69) is 11.1 Å². The first-order valence-electron chi connectivity index (χ1n) is 7.34. The molecule has 2 heterocycles. The molecular formula is C18H15N3O3. The molecule has 6 nitrogen and oxygen atoms in total. The molecule has 24 heavy (non-hydrogen) atoms.